The van der Waals surface area contributed by atoms with Gasteiger partial charge in [-0.25, -0.2) is 0 Å². The van der Waals surface area contributed by atoms with Crippen molar-refractivity contribution in [3.05, 3.63) is 27.7 Å². The molecule has 1 atom stereocenters. The second kappa shape index (κ2) is 5.76. The number of hydrogen-bond donors (Lipinski definition) is 0. The Kier molecular flexibility index (Phi) is 4.43. The van der Waals surface area contributed by atoms with Gasteiger partial charge in [-0.1, -0.05) is 22.9 Å². The van der Waals surface area contributed by atoms with Crippen molar-refractivity contribution in [2.45, 2.75) is 46.6 Å². The van der Waals surface area contributed by atoms with Gasteiger partial charge in [-0.15, -0.1) is 0 Å². The van der Waals surface area contributed by atoms with Gasteiger partial charge in [0.15, 0.2) is 0 Å². The predicted octanol–water partition coefficient (Wildman–Crippen LogP) is 3.90. The number of carbonyl (C=O) groups excluding carboxylic acids is 1. The highest BCUT2D eigenvalue weighted by molar-refractivity contribution is 9.10. The normalized spacial score (nSPS) is 17.6. The lowest BCUT2D eigenvalue weighted by Crippen LogP contribution is -2.29. The highest BCUT2D eigenvalue weighted by Gasteiger charge is 2.29. The van der Waals surface area contributed by atoms with E-state index >= 15 is 0 Å². The van der Waals surface area contributed by atoms with E-state index in [0.717, 1.165) is 23.1 Å². The van der Waals surface area contributed by atoms with Crippen LogP contribution >= 0.6 is 15.9 Å². The van der Waals surface area contributed by atoms with Crippen LogP contribution in [0.5, 0.6) is 5.75 Å². The Bertz CT molecular complexity index is 517. The molecule has 0 radical (unpaired) electrons. The van der Waals surface area contributed by atoms with E-state index in [1.807, 2.05) is 20.8 Å². The third-order valence-electron chi connectivity index (χ3n) is 3.33. The topological polar surface area (TPSA) is 35.5 Å². The third kappa shape index (κ3) is 3.35. The SMILES string of the molecule is CCc1cc(Br)cc2c1OC(COC(=O)C(C)(C)C)C2. The van der Waals surface area contributed by atoms with Gasteiger partial charge < -0.3 is 9.47 Å². The highest BCUT2D eigenvalue weighted by atomic mass is 79.9. The predicted molar refractivity (Wildman–Crippen MR) is 82.1 cm³/mol. The minimum absolute atomic E-state index is 0.0732. The Morgan fingerprint density at radius 2 is 2.15 bits per heavy atom. The summed E-state index contributed by atoms with van der Waals surface area (Å²) >= 11 is 3.52. The summed E-state index contributed by atoms with van der Waals surface area (Å²) in [6, 6.07) is 4.17. The first-order valence-corrected chi connectivity index (χ1v) is 7.75. The fraction of sp³-hybridized carbons (Fsp3) is 0.562. The van der Waals surface area contributed by atoms with Crippen molar-refractivity contribution in [2.24, 2.45) is 5.41 Å². The Labute approximate surface area is 128 Å². The van der Waals surface area contributed by atoms with E-state index in [-0.39, 0.29) is 12.1 Å². The number of benzene rings is 1. The maximum absolute atomic E-state index is 11.8. The zero-order valence-electron chi connectivity index (χ0n) is 12.5. The van der Waals surface area contributed by atoms with Gasteiger partial charge in [0, 0.05) is 10.9 Å². The molecule has 0 aliphatic carbocycles. The zero-order chi connectivity index (χ0) is 14.9. The Morgan fingerprint density at radius 3 is 2.75 bits per heavy atom. The molecule has 0 saturated carbocycles. The van der Waals surface area contributed by atoms with Gasteiger partial charge in [-0.05, 0) is 50.5 Å². The number of aryl methyl sites for hydroxylation is 1. The molecule has 110 valence electrons. The van der Waals surface area contributed by atoms with Crippen LogP contribution in [0.15, 0.2) is 16.6 Å². The lowest BCUT2D eigenvalue weighted by atomic mass is 9.97. The van der Waals surface area contributed by atoms with Crippen LogP contribution < -0.4 is 4.74 Å². The lowest BCUT2D eigenvalue weighted by molar-refractivity contribution is -0.155. The minimum atomic E-state index is -0.469. The van der Waals surface area contributed by atoms with Crippen LogP contribution in [0.2, 0.25) is 0 Å². The molecular weight excluding hydrogens is 320 g/mol. The van der Waals surface area contributed by atoms with Crippen LogP contribution in [0.3, 0.4) is 0 Å². The monoisotopic (exact) mass is 340 g/mol. The summed E-state index contributed by atoms with van der Waals surface area (Å²) in [6.07, 6.45) is 1.64. The summed E-state index contributed by atoms with van der Waals surface area (Å²) in [5.74, 6) is 0.779. The van der Waals surface area contributed by atoms with Crippen molar-refractivity contribution in [3.8, 4) is 5.75 Å². The molecule has 1 aliphatic heterocycles. The molecule has 0 N–H and O–H groups in total. The molecule has 20 heavy (non-hydrogen) atoms. The smallest absolute Gasteiger partial charge is 0.311 e. The molecular formula is C16H21BrO3. The molecule has 2 rings (SSSR count). The highest BCUT2D eigenvalue weighted by Crippen LogP contribution is 2.36. The maximum Gasteiger partial charge on any atom is 0.311 e. The summed E-state index contributed by atoms with van der Waals surface area (Å²) in [4.78, 5) is 11.8. The number of esters is 1. The molecule has 1 aromatic carbocycles. The van der Waals surface area contributed by atoms with Gasteiger partial charge in [-0.3, -0.25) is 4.79 Å². The number of carbonyl (C=O) groups is 1. The van der Waals surface area contributed by atoms with Gasteiger partial charge in [-0.2, -0.15) is 0 Å². The molecule has 0 spiro atoms. The molecule has 1 aromatic rings. The van der Waals surface area contributed by atoms with Gasteiger partial charge in [0.1, 0.15) is 18.5 Å². The van der Waals surface area contributed by atoms with E-state index in [4.69, 9.17) is 9.47 Å². The fourth-order valence-electron chi connectivity index (χ4n) is 2.21. The molecule has 0 saturated heterocycles. The van der Waals surface area contributed by atoms with Gasteiger partial charge >= 0.3 is 5.97 Å². The summed E-state index contributed by atoms with van der Waals surface area (Å²) in [5.41, 5.74) is 1.91. The molecule has 0 fully saturated rings. The Balaban J connectivity index is 2.01. The van der Waals surface area contributed by atoms with Crippen LogP contribution in [0, 0.1) is 5.41 Å². The quantitative estimate of drug-likeness (QED) is 0.782. The number of rotatable bonds is 3. The summed E-state index contributed by atoms with van der Waals surface area (Å²) in [6.45, 7) is 7.98. The largest absolute Gasteiger partial charge is 0.486 e. The van der Waals surface area contributed by atoms with Crippen LogP contribution in [-0.2, 0) is 22.4 Å². The number of fused-ring (bicyclic) bond motifs is 1. The fourth-order valence-corrected chi connectivity index (χ4v) is 2.76. The average molecular weight is 341 g/mol. The van der Waals surface area contributed by atoms with Crippen molar-refractivity contribution >= 4 is 21.9 Å². The van der Waals surface area contributed by atoms with Crippen LogP contribution in [-0.4, -0.2) is 18.7 Å². The van der Waals surface area contributed by atoms with Crippen LogP contribution in [0.1, 0.15) is 38.8 Å². The van der Waals surface area contributed by atoms with Crippen molar-refractivity contribution in [2.75, 3.05) is 6.61 Å². The first-order valence-electron chi connectivity index (χ1n) is 6.96. The van der Waals surface area contributed by atoms with Gasteiger partial charge in [0.25, 0.3) is 0 Å². The summed E-state index contributed by atoms with van der Waals surface area (Å²) < 4.78 is 12.4. The van der Waals surface area contributed by atoms with E-state index in [1.54, 1.807) is 0 Å². The molecule has 1 unspecified atom stereocenters. The molecule has 1 aliphatic rings. The maximum atomic E-state index is 11.8. The second-order valence-electron chi connectivity index (χ2n) is 6.20. The van der Waals surface area contributed by atoms with Crippen molar-refractivity contribution in [1.82, 2.24) is 0 Å². The third-order valence-corrected chi connectivity index (χ3v) is 3.79. The summed E-state index contributed by atoms with van der Waals surface area (Å²) in [5, 5.41) is 0. The molecule has 3 nitrogen and oxygen atoms in total. The van der Waals surface area contributed by atoms with E-state index in [9.17, 15) is 4.79 Å². The molecule has 1 heterocycles. The van der Waals surface area contributed by atoms with Crippen molar-refractivity contribution < 1.29 is 14.3 Å². The lowest BCUT2D eigenvalue weighted by Gasteiger charge is -2.18. The van der Waals surface area contributed by atoms with Crippen molar-refractivity contribution in [1.29, 1.82) is 0 Å². The second-order valence-corrected chi connectivity index (χ2v) is 7.11. The molecule has 0 aromatic heterocycles. The number of ether oxygens (including phenoxy) is 2. The average Bonchev–Trinajstić information content (AvgIpc) is 2.76. The summed E-state index contributed by atoms with van der Waals surface area (Å²) in [7, 11) is 0. The zero-order valence-corrected chi connectivity index (χ0v) is 14.0. The van der Waals surface area contributed by atoms with Crippen LogP contribution in [0.25, 0.3) is 0 Å². The van der Waals surface area contributed by atoms with E-state index < -0.39 is 5.41 Å². The molecule has 0 amide bonds. The Morgan fingerprint density at radius 1 is 1.45 bits per heavy atom. The number of halogens is 1. The van der Waals surface area contributed by atoms with E-state index in [2.05, 4.69) is 35.0 Å². The van der Waals surface area contributed by atoms with Crippen LogP contribution in [0.4, 0.5) is 0 Å². The minimum Gasteiger partial charge on any atom is -0.486 e. The number of hydrogen-bond acceptors (Lipinski definition) is 3. The molecule has 0 bridgehead atoms. The van der Waals surface area contributed by atoms with E-state index in [0.29, 0.717) is 6.61 Å². The Hall–Kier alpha value is -1.03. The first-order chi connectivity index (χ1) is 9.31. The molecule has 4 heteroatoms. The van der Waals surface area contributed by atoms with E-state index in [1.165, 1.54) is 11.1 Å². The van der Waals surface area contributed by atoms with Gasteiger partial charge in [0.2, 0.25) is 0 Å². The van der Waals surface area contributed by atoms with Crippen molar-refractivity contribution in [3.63, 3.8) is 0 Å². The first kappa shape index (κ1) is 15.4. The van der Waals surface area contributed by atoms with Gasteiger partial charge in [0.05, 0.1) is 5.41 Å². The standard InChI is InChI=1S/C16H21BrO3/c1-5-10-6-12(17)7-11-8-13(20-14(10)11)9-19-15(18)16(2,3)4/h6-7,13H,5,8-9H2,1-4H3.